The molecule has 1 aromatic carbocycles. The van der Waals surface area contributed by atoms with Crippen LogP contribution in [-0.4, -0.2) is 21.6 Å². The summed E-state index contributed by atoms with van der Waals surface area (Å²) in [5.41, 5.74) is 0.483. The lowest BCUT2D eigenvalue weighted by atomic mass is 10.0. The third-order valence-electron chi connectivity index (χ3n) is 3.93. The van der Waals surface area contributed by atoms with Crippen LogP contribution in [0.4, 0.5) is 13.2 Å². The average Bonchev–Trinajstić information content (AvgIpc) is 3.12. The Morgan fingerprint density at radius 3 is 2.74 bits per heavy atom. The standard InChI is InChI=1S/C18H16F3N3OS2/c1-3-26-17-15(16(25)23-9-14-22-6-7-27-14)10(2)12-5-4-11(18(19,20)21)8-13(12)24-17/h4-8H,3,9H2,1-2H3,(H,23,25). The van der Waals surface area contributed by atoms with E-state index in [1.807, 2.05) is 12.3 Å². The maximum absolute atomic E-state index is 13.0. The van der Waals surface area contributed by atoms with Gasteiger partial charge in [0.1, 0.15) is 10.0 Å². The van der Waals surface area contributed by atoms with E-state index in [1.54, 1.807) is 13.1 Å². The van der Waals surface area contributed by atoms with E-state index in [-0.39, 0.29) is 18.0 Å². The monoisotopic (exact) mass is 411 g/mol. The predicted octanol–water partition coefficient (Wildman–Crippen LogP) is 5.06. The first-order chi connectivity index (χ1) is 12.8. The first-order valence-corrected chi connectivity index (χ1v) is 9.98. The minimum absolute atomic E-state index is 0.231. The Balaban J connectivity index is 2.03. The van der Waals surface area contributed by atoms with Crippen molar-refractivity contribution in [2.24, 2.45) is 0 Å². The maximum atomic E-state index is 13.0. The van der Waals surface area contributed by atoms with Gasteiger partial charge in [-0.05, 0) is 30.4 Å². The number of carbonyl (C=O) groups excluding carboxylic acids is 1. The fourth-order valence-electron chi connectivity index (χ4n) is 2.67. The summed E-state index contributed by atoms with van der Waals surface area (Å²) in [7, 11) is 0. The van der Waals surface area contributed by atoms with Gasteiger partial charge in [-0.15, -0.1) is 23.1 Å². The van der Waals surface area contributed by atoms with Crippen molar-refractivity contribution in [1.82, 2.24) is 15.3 Å². The summed E-state index contributed by atoms with van der Waals surface area (Å²) in [6, 6.07) is 3.42. The normalized spacial score (nSPS) is 11.7. The first-order valence-electron chi connectivity index (χ1n) is 8.12. The van der Waals surface area contributed by atoms with Crippen molar-refractivity contribution in [1.29, 1.82) is 0 Å². The second kappa shape index (κ2) is 7.85. The molecule has 1 amide bonds. The van der Waals surface area contributed by atoms with Crippen LogP contribution in [0.3, 0.4) is 0 Å². The molecule has 4 nitrogen and oxygen atoms in total. The topological polar surface area (TPSA) is 54.9 Å². The zero-order valence-corrected chi connectivity index (χ0v) is 16.2. The van der Waals surface area contributed by atoms with Gasteiger partial charge in [0.25, 0.3) is 5.91 Å². The van der Waals surface area contributed by atoms with E-state index < -0.39 is 11.7 Å². The molecule has 9 heteroatoms. The minimum Gasteiger partial charge on any atom is -0.345 e. The summed E-state index contributed by atoms with van der Waals surface area (Å²) >= 11 is 2.76. The fraction of sp³-hybridized carbons (Fsp3) is 0.278. The van der Waals surface area contributed by atoms with Gasteiger partial charge in [0.15, 0.2) is 0 Å². The zero-order chi connectivity index (χ0) is 19.6. The molecule has 0 saturated carbocycles. The van der Waals surface area contributed by atoms with Gasteiger partial charge in [0.2, 0.25) is 0 Å². The molecule has 3 rings (SSSR count). The molecule has 2 heterocycles. The number of pyridine rings is 1. The fourth-order valence-corrected chi connectivity index (χ4v) is 4.05. The van der Waals surface area contributed by atoms with E-state index in [1.165, 1.54) is 29.2 Å². The lowest BCUT2D eigenvalue weighted by Gasteiger charge is -2.15. The number of halogens is 3. The van der Waals surface area contributed by atoms with E-state index in [4.69, 9.17) is 0 Å². The molecule has 142 valence electrons. The van der Waals surface area contributed by atoms with Crippen molar-refractivity contribution in [2.75, 3.05) is 5.75 Å². The lowest BCUT2D eigenvalue weighted by Crippen LogP contribution is -2.25. The van der Waals surface area contributed by atoms with E-state index in [9.17, 15) is 18.0 Å². The number of rotatable bonds is 5. The first kappa shape index (κ1) is 19.6. The highest BCUT2D eigenvalue weighted by Crippen LogP contribution is 2.34. The van der Waals surface area contributed by atoms with Crippen molar-refractivity contribution in [2.45, 2.75) is 31.6 Å². The van der Waals surface area contributed by atoms with Gasteiger partial charge in [-0.1, -0.05) is 13.0 Å². The maximum Gasteiger partial charge on any atom is 0.416 e. The average molecular weight is 411 g/mol. The van der Waals surface area contributed by atoms with E-state index in [2.05, 4.69) is 15.3 Å². The second-order valence-electron chi connectivity index (χ2n) is 5.69. The van der Waals surface area contributed by atoms with Crippen LogP contribution in [0.5, 0.6) is 0 Å². The number of hydrogen-bond acceptors (Lipinski definition) is 5. The molecule has 0 saturated heterocycles. The molecule has 3 aromatic rings. The smallest absolute Gasteiger partial charge is 0.345 e. The second-order valence-corrected chi connectivity index (χ2v) is 7.92. The van der Waals surface area contributed by atoms with Crippen molar-refractivity contribution in [3.05, 3.63) is 51.5 Å². The Bertz CT molecular complexity index is 972. The third kappa shape index (κ3) is 4.24. The van der Waals surface area contributed by atoms with Crippen molar-refractivity contribution in [3.8, 4) is 0 Å². The predicted molar refractivity (Wildman–Crippen MR) is 101 cm³/mol. The highest BCUT2D eigenvalue weighted by molar-refractivity contribution is 7.99. The number of nitrogens with zero attached hydrogens (tertiary/aromatic N) is 2. The van der Waals surface area contributed by atoms with Crippen LogP contribution in [0.2, 0.25) is 0 Å². The van der Waals surface area contributed by atoms with Gasteiger partial charge in [-0.3, -0.25) is 4.79 Å². The van der Waals surface area contributed by atoms with Gasteiger partial charge in [-0.25, -0.2) is 9.97 Å². The van der Waals surface area contributed by atoms with Crippen LogP contribution < -0.4 is 5.32 Å². The number of benzene rings is 1. The molecule has 27 heavy (non-hydrogen) atoms. The number of thiazole rings is 1. The van der Waals surface area contributed by atoms with Crippen molar-refractivity contribution in [3.63, 3.8) is 0 Å². The number of amides is 1. The quantitative estimate of drug-likeness (QED) is 0.596. The summed E-state index contributed by atoms with van der Waals surface area (Å²) in [6.45, 7) is 3.92. The zero-order valence-electron chi connectivity index (χ0n) is 14.6. The van der Waals surface area contributed by atoms with E-state index in [0.717, 1.165) is 17.1 Å². The molecule has 0 aliphatic carbocycles. The molecule has 0 aliphatic rings. The molecule has 1 N–H and O–H groups in total. The molecule has 0 spiro atoms. The molecule has 0 fully saturated rings. The summed E-state index contributed by atoms with van der Waals surface area (Å²) < 4.78 is 39.0. The van der Waals surface area contributed by atoms with Crippen LogP contribution in [0, 0.1) is 6.92 Å². The number of aromatic nitrogens is 2. The molecule has 0 unspecified atom stereocenters. The van der Waals surface area contributed by atoms with Crippen LogP contribution in [0.25, 0.3) is 10.9 Å². The van der Waals surface area contributed by atoms with Crippen LogP contribution in [0.1, 0.15) is 33.4 Å². The molecule has 2 aromatic heterocycles. The largest absolute Gasteiger partial charge is 0.416 e. The van der Waals surface area contributed by atoms with Gasteiger partial charge >= 0.3 is 6.18 Å². The van der Waals surface area contributed by atoms with Gasteiger partial charge < -0.3 is 5.32 Å². The Labute approximate surface area is 162 Å². The molecule has 0 aliphatic heterocycles. The number of thioether (sulfide) groups is 1. The molecular weight excluding hydrogens is 395 g/mol. The molecule has 0 radical (unpaired) electrons. The highest BCUT2D eigenvalue weighted by atomic mass is 32.2. The third-order valence-corrected chi connectivity index (χ3v) is 5.57. The number of alkyl halides is 3. The van der Waals surface area contributed by atoms with Crippen molar-refractivity contribution < 1.29 is 18.0 Å². The summed E-state index contributed by atoms with van der Waals surface area (Å²) in [4.78, 5) is 21.2. The number of carbonyl (C=O) groups is 1. The number of nitrogens with one attached hydrogen (secondary N) is 1. The number of aryl methyl sites for hydroxylation is 1. The van der Waals surface area contributed by atoms with Crippen LogP contribution in [-0.2, 0) is 12.7 Å². The number of hydrogen-bond donors (Lipinski definition) is 1. The van der Waals surface area contributed by atoms with E-state index >= 15 is 0 Å². The van der Waals surface area contributed by atoms with Gasteiger partial charge in [0.05, 0.1) is 23.2 Å². The number of fused-ring (bicyclic) bond motifs is 1. The van der Waals surface area contributed by atoms with E-state index in [0.29, 0.717) is 27.3 Å². The highest BCUT2D eigenvalue weighted by Gasteiger charge is 2.31. The summed E-state index contributed by atoms with van der Waals surface area (Å²) in [6.07, 6.45) is -2.78. The SMILES string of the molecule is CCSc1nc2cc(C(F)(F)F)ccc2c(C)c1C(=O)NCc1nccs1. The minimum atomic E-state index is -4.44. The van der Waals surface area contributed by atoms with Gasteiger partial charge in [0, 0.05) is 17.0 Å². The lowest BCUT2D eigenvalue weighted by molar-refractivity contribution is -0.137. The Morgan fingerprint density at radius 1 is 1.33 bits per heavy atom. The molecule has 0 bridgehead atoms. The van der Waals surface area contributed by atoms with Crippen molar-refractivity contribution >= 4 is 39.9 Å². The summed E-state index contributed by atoms with van der Waals surface area (Å²) in [5, 5.41) is 6.37. The Morgan fingerprint density at radius 2 is 2.11 bits per heavy atom. The summed E-state index contributed by atoms with van der Waals surface area (Å²) in [5.74, 6) is 0.330. The molecule has 0 atom stereocenters. The molecular formula is C18H16F3N3OS2. The Kier molecular flexibility index (Phi) is 5.71. The Hall–Kier alpha value is -2.13. The van der Waals surface area contributed by atoms with Crippen LogP contribution >= 0.6 is 23.1 Å². The van der Waals surface area contributed by atoms with Gasteiger partial charge in [-0.2, -0.15) is 13.2 Å². The van der Waals surface area contributed by atoms with Crippen LogP contribution in [0.15, 0.2) is 34.8 Å².